The van der Waals surface area contributed by atoms with Crippen LogP contribution in [-0.4, -0.2) is 43.2 Å². The second-order valence-corrected chi connectivity index (χ2v) is 8.82. The Hall–Kier alpha value is -2.95. The number of alkyl halides is 6. The van der Waals surface area contributed by atoms with Crippen LogP contribution in [-0.2, 0) is 12.4 Å². The number of carbonyl (C=O) groups is 1. The summed E-state index contributed by atoms with van der Waals surface area (Å²) in [5.74, 6) is 0. The van der Waals surface area contributed by atoms with Crippen LogP contribution in [0.2, 0.25) is 0 Å². The fourth-order valence-corrected chi connectivity index (χ4v) is 4.84. The van der Waals surface area contributed by atoms with Crippen LogP contribution in [0, 0.1) is 0 Å². The minimum atomic E-state index is -4.75. The number of halogens is 6. The van der Waals surface area contributed by atoms with Crippen molar-refractivity contribution in [1.29, 1.82) is 0 Å². The lowest BCUT2D eigenvalue weighted by atomic mass is 10.0. The zero-order chi connectivity index (χ0) is 25.2. The summed E-state index contributed by atoms with van der Waals surface area (Å²) in [5, 5.41) is 4.35. The minimum absolute atomic E-state index is 0.0192. The molecular formula is C24H26F6N4O. The van der Waals surface area contributed by atoms with Gasteiger partial charge in [0.2, 0.25) is 0 Å². The van der Waals surface area contributed by atoms with Crippen molar-refractivity contribution < 1.29 is 31.1 Å². The second-order valence-electron chi connectivity index (χ2n) is 8.82. The first kappa shape index (κ1) is 25.2. The van der Waals surface area contributed by atoms with Crippen LogP contribution < -0.4 is 15.5 Å². The molecule has 2 heterocycles. The molecule has 35 heavy (non-hydrogen) atoms. The first-order chi connectivity index (χ1) is 16.5. The van der Waals surface area contributed by atoms with Gasteiger partial charge in [-0.25, -0.2) is 4.79 Å². The molecular weight excluding hydrogens is 474 g/mol. The van der Waals surface area contributed by atoms with Crippen molar-refractivity contribution in [3.05, 3.63) is 53.6 Å². The molecule has 11 heteroatoms. The van der Waals surface area contributed by atoms with Gasteiger partial charge in [0.1, 0.15) is 5.56 Å². The molecule has 2 aromatic carbocycles. The maximum absolute atomic E-state index is 14.1. The van der Waals surface area contributed by atoms with Gasteiger partial charge >= 0.3 is 18.4 Å². The van der Waals surface area contributed by atoms with Gasteiger partial charge < -0.3 is 20.4 Å². The van der Waals surface area contributed by atoms with Crippen molar-refractivity contribution in [1.82, 2.24) is 4.90 Å². The van der Waals surface area contributed by atoms with E-state index in [1.807, 2.05) is 0 Å². The number of benzene rings is 2. The van der Waals surface area contributed by atoms with Crippen LogP contribution in [0.25, 0.3) is 0 Å². The largest absolute Gasteiger partial charge is 0.420 e. The smallest absolute Gasteiger partial charge is 0.371 e. The molecule has 0 aliphatic carbocycles. The quantitative estimate of drug-likeness (QED) is 0.476. The molecule has 0 saturated carbocycles. The van der Waals surface area contributed by atoms with Crippen LogP contribution in [0.4, 0.5) is 48.2 Å². The average molecular weight is 500 g/mol. The normalized spacial score (nSPS) is 18.1. The van der Waals surface area contributed by atoms with Crippen LogP contribution in [0.5, 0.6) is 0 Å². The number of amides is 2. The van der Waals surface area contributed by atoms with E-state index in [9.17, 15) is 31.1 Å². The molecule has 190 valence electrons. The van der Waals surface area contributed by atoms with Crippen molar-refractivity contribution in [2.24, 2.45) is 0 Å². The monoisotopic (exact) mass is 500 g/mol. The highest BCUT2D eigenvalue weighted by atomic mass is 19.4. The average Bonchev–Trinajstić information content (AvgIpc) is 3.33. The summed E-state index contributed by atoms with van der Waals surface area (Å²) in [5.41, 5.74) is -2.62. The van der Waals surface area contributed by atoms with E-state index >= 15 is 0 Å². The number of carbonyl (C=O) groups excluding carboxylic acids is 1. The Morgan fingerprint density at radius 1 is 0.829 bits per heavy atom. The first-order valence-electron chi connectivity index (χ1n) is 11.5. The van der Waals surface area contributed by atoms with Crippen molar-refractivity contribution in [3.8, 4) is 0 Å². The van der Waals surface area contributed by atoms with Gasteiger partial charge in [-0.2, -0.15) is 26.3 Å². The highest BCUT2D eigenvalue weighted by Crippen LogP contribution is 2.42. The molecule has 4 rings (SSSR count). The summed E-state index contributed by atoms with van der Waals surface area (Å²) in [4.78, 5) is 16.5. The van der Waals surface area contributed by atoms with Crippen molar-refractivity contribution in [3.63, 3.8) is 0 Å². The van der Waals surface area contributed by atoms with Gasteiger partial charge in [0, 0.05) is 24.8 Å². The van der Waals surface area contributed by atoms with Gasteiger partial charge in [0.25, 0.3) is 0 Å². The van der Waals surface area contributed by atoms with Gasteiger partial charge in [-0.15, -0.1) is 0 Å². The SMILES string of the molecule is O=C(Nc1cccc(C(F)(F)F)c1)Nc1cccc(N2CCC(N3CCCC3)CC2)c1C(F)(F)F. The van der Waals surface area contributed by atoms with E-state index in [1.54, 1.807) is 4.90 Å². The molecule has 0 atom stereocenters. The van der Waals surface area contributed by atoms with Crippen LogP contribution in [0.3, 0.4) is 0 Å². The third-order valence-corrected chi connectivity index (χ3v) is 6.48. The molecule has 2 aromatic rings. The Kier molecular flexibility index (Phi) is 7.16. The molecule has 2 fully saturated rings. The summed E-state index contributed by atoms with van der Waals surface area (Å²) in [6.07, 6.45) is -5.56. The Morgan fingerprint density at radius 3 is 2.11 bits per heavy atom. The summed E-state index contributed by atoms with van der Waals surface area (Å²) in [6, 6.07) is 7.11. The van der Waals surface area contributed by atoms with Crippen LogP contribution in [0.15, 0.2) is 42.5 Å². The Bertz CT molecular complexity index is 1040. The summed E-state index contributed by atoms with van der Waals surface area (Å²) in [6.45, 7) is 2.98. The van der Waals surface area contributed by atoms with E-state index in [-0.39, 0.29) is 11.4 Å². The molecule has 5 nitrogen and oxygen atoms in total. The van der Waals surface area contributed by atoms with Gasteiger partial charge in [0.05, 0.1) is 16.9 Å². The first-order valence-corrected chi connectivity index (χ1v) is 11.5. The number of nitrogens with zero attached hydrogens (tertiary/aromatic N) is 2. The van der Waals surface area contributed by atoms with E-state index in [1.165, 1.54) is 18.2 Å². The van der Waals surface area contributed by atoms with Gasteiger partial charge in [-0.05, 0) is 69.1 Å². The summed E-state index contributed by atoms with van der Waals surface area (Å²) < 4.78 is 81.1. The predicted molar refractivity (Wildman–Crippen MR) is 122 cm³/mol. The lowest BCUT2D eigenvalue weighted by molar-refractivity contribution is -0.138. The summed E-state index contributed by atoms with van der Waals surface area (Å²) in [7, 11) is 0. The summed E-state index contributed by atoms with van der Waals surface area (Å²) >= 11 is 0. The molecule has 0 radical (unpaired) electrons. The van der Waals surface area contributed by atoms with E-state index in [0.717, 1.165) is 57.0 Å². The highest BCUT2D eigenvalue weighted by Gasteiger charge is 2.39. The molecule has 2 saturated heterocycles. The van der Waals surface area contributed by atoms with E-state index < -0.39 is 35.2 Å². The maximum Gasteiger partial charge on any atom is 0.420 e. The highest BCUT2D eigenvalue weighted by molar-refractivity contribution is 6.00. The Labute approximate surface area is 199 Å². The van der Waals surface area contributed by atoms with E-state index in [4.69, 9.17) is 0 Å². The van der Waals surface area contributed by atoms with Crippen LogP contribution >= 0.6 is 0 Å². The van der Waals surface area contributed by atoms with Gasteiger partial charge in [-0.3, -0.25) is 0 Å². The van der Waals surface area contributed by atoms with E-state index in [0.29, 0.717) is 25.2 Å². The van der Waals surface area contributed by atoms with Gasteiger partial charge in [-0.1, -0.05) is 12.1 Å². The Balaban J connectivity index is 1.50. The fraction of sp³-hybridized carbons (Fsp3) is 0.458. The second kappa shape index (κ2) is 9.96. The van der Waals surface area contributed by atoms with Gasteiger partial charge in [0.15, 0.2) is 0 Å². The number of nitrogens with one attached hydrogen (secondary N) is 2. The zero-order valence-corrected chi connectivity index (χ0v) is 18.8. The van der Waals surface area contributed by atoms with E-state index in [2.05, 4.69) is 15.5 Å². The maximum atomic E-state index is 14.1. The minimum Gasteiger partial charge on any atom is -0.371 e. The lowest BCUT2D eigenvalue weighted by Crippen LogP contribution is -2.44. The number of rotatable bonds is 4. The molecule has 0 bridgehead atoms. The predicted octanol–water partition coefficient (Wildman–Crippen LogP) is 6.43. The Morgan fingerprint density at radius 2 is 1.49 bits per heavy atom. The number of urea groups is 1. The number of hydrogen-bond acceptors (Lipinski definition) is 3. The molecule has 0 spiro atoms. The third-order valence-electron chi connectivity index (χ3n) is 6.48. The molecule has 2 aliphatic heterocycles. The zero-order valence-electron chi connectivity index (χ0n) is 18.8. The van der Waals surface area contributed by atoms with Crippen LogP contribution in [0.1, 0.15) is 36.8 Å². The standard InChI is InChI=1S/C24H26F6N4O/c25-23(26,27)16-5-3-6-17(15-16)31-22(35)32-19-7-4-8-20(21(19)24(28,29)30)34-13-9-18(10-14-34)33-11-1-2-12-33/h3-8,15,18H,1-2,9-14H2,(H2,31,32,35). The third kappa shape index (κ3) is 6.01. The fourth-order valence-electron chi connectivity index (χ4n) is 4.84. The van der Waals surface area contributed by atoms with Crippen molar-refractivity contribution >= 4 is 23.1 Å². The molecule has 2 N–H and O–H groups in total. The van der Waals surface area contributed by atoms with Crippen molar-refractivity contribution in [2.75, 3.05) is 41.7 Å². The number of piperidine rings is 1. The lowest BCUT2D eigenvalue weighted by Gasteiger charge is -2.38. The molecule has 2 amide bonds. The van der Waals surface area contributed by atoms with Crippen molar-refractivity contribution in [2.45, 2.75) is 44.1 Å². The number of anilines is 3. The number of likely N-dealkylation sites (tertiary alicyclic amines) is 1. The molecule has 2 aliphatic rings. The molecule has 0 aromatic heterocycles. The topological polar surface area (TPSA) is 47.6 Å². The molecule has 0 unspecified atom stereocenters. The number of hydrogen-bond donors (Lipinski definition) is 2.